The van der Waals surface area contributed by atoms with Gasteiger partial charge >= 0.3 is 6.18 Å². The molecule has 26 heavy (non-hydrogen) atoms. The molecule has 0 aliphatic rings. The lowest BCUT2D eigenvalue weighted by atomic mass is 10.1. The molecule has 0 aromatic carbocycles. The van der Waals surface area contributed by atoms with E-state index in [4.69, 9.17) is 4.74 Å². The predicted molar refractivity (Wildman–Crippen MR) is 96.7 cm³/mol. The Morgan fingerprint density at radius 2 is 2.12 bits per heavy atom. The number of rotatable bonds is 7. The molecule has 142 valence electrons. The van der Waals surface area contributed by atoms with Crippen molar-refractivity contribution in [2.75, 3.05) is 20.2 Å². The molecule has 0 bridgehead atoms. The Balaban J connectivity index is 1.88. The number of ether oxygens (including phenoxy) is 1. The van der Waals surface area contributed by atoms with Crippen LogP contribution in [0.2, 0.25) is 0 Å². The number of hydrogen-bond donors (Lipinski definition) is 2. The lowest BCUT2D eigenvalue weighted by Gasteiger charge is -2.16. The number of alkyl halides is 3. The van der Waals surface area contributed by atoms with Gasteiger partial charge in [0.1, 0.15) is 0 Å². The number of nitrogens with zero attached hydrogens (tertiary/aromatic N) is 2. The molecule has 2 aromatic heterocycles. The molecule has 0 spiro atoms. The molecule has 0 saturated carbocycles. The van der Waals surface area contributed by atoms with Gasteiger partial charge in [0.25, 0.3) is 0 Å². The standard InChI is InChI=1S/C17H21F3N4OS/c1-12(14-6-4-8-26-14)9-23-16(21-2)24-10-13-5-3-7-22-15(13)25-11-17(18,19)20/h3-8,12H,9-11H2,1-2H3,(H2,21,23,24). The van der Waals surface area contributed by atoms with Crippen LogP contribution >= 0.6 is 11.3 Å². The van der Waals surface area contributed by atoms with Crippen molar-refractivity contribution in [2.24, 2.45) is 4.99 Å². The Morgan fingerprint density at radius 1 is 1.31 bits per heavy atom. The van der Waals surface area contributed by atoms with Crippen LogP contribution < -0.4 is 15.4 Å². The van der Waals surface area contributed by atoms with E-state index in [1.165, 1.54) is 11.1 Å². The second-order valence-electron chi connectivity index (χ2n) is 5.59. The maximum atomic E-state index is 12.3. The summed E-state index contributed by atoms with van der Waals surface area (Å²) in [6.45, 7) is 1.66. The number of guanidine groups is 1. The molecule has 0 saturated heterocycles. The van der Waals surface area contributed by atoms with Crippen LogP contribution in [0.3, 0.4) is 0 Å². The summed E-state index contributed by atoms with van der Waals surface area (Å²) in [4.78, 5) is 9.27. The lowest BCUT2D eigenvalue weighted by Crippen LogP contribution is -2.38. The average molecular weight is 386 g/mol. The number of hydrogen-bond acceptors (Lipinski definition) is 4. The van der Waals surface area contributed by atoms with Gasteiger partial charge in [-0.1, -0.05) is 19.1 Å². The Bertz CT molecular complexity index is 704. The summed E-state index contributed by atoms with van der Waals surface area (Å²) >= 11 is 1.69. The second kappa shape index (κ2) is 9.42. The van der Waals surface area contributed by atoms with Gasteiger partial charge < -0.3 is 15.4 Å². The topological polar surface area (TPSA) is 58.5 Å². The van der Waals surface area contributed by atoms with Crippen molar-refractivity contribution in [1.82, 2.24) is 15.6 Å². The van der Waals surface area contributed by atoms with Gasteiger partial charge in [0.2, 0.25) is 5.88 Å². The van der Waals surface area contributed by atoms with Crippen LogP contribution in [0.15, 0.2) is 40.8 Å². The number of nitrogens with one attached hydrogen (secondary N) is 2. The van der Waals surface area contributed by atoms with Gasteiger partial charge in [-0.05, 0) is 17.5 Å². The molecule has 2 aromatic rings. The van der Waals surface area contributed by atoms with Crippen LogP contribution in [0, 0.1) is 0 Å². The normalized spacial score (nSPS) is 13.3. The van der Waals surface area contributed by atoms with Crippen molar-refractivity contribution in [3.8, 4) is 5.88 Å². The molecular weight excluding hydrogens is 365 g/mol. The third kappa shape index (κ3) is 6.55. The second-order valence-corrected chi connectivity index (χ2v) is 6.57. The fourth-order valence-electron chi connectivity index (χ4n) is 2.16. The van der Waals surface area contributed by atoms with Gasteiger partial charge in [0.15, 0.2) is 12.6 Å². The maximum absolute atomic E-state index is 12.3. The summed E-state index contributed by atoms with van der Waals surface area (Å²) in [5, 5.41) is 8.30. The monoisotopic (exact) mass is 386 g/mol. The maximum Gasteiger partial charge on any atom is 0.422 e. The molecule has 1 atom stereocenters. The Kier molecular flexibility index (Phi) is 7.26. The largest absolute Gasteiger partial charge is 0.468 e. The van der Waals surface area contributed by atoms with Gasteiger partial charge in [0, 0.05) is 42.7 Å². The highest BCUT2D eigenvalue weighted by molar-refractivity contribution is 7.10. The van der Waals surface area contributed by atoms with Crippen LogP contribution in [0.4, 0.5) is 13.2 Å². The summed E-state index contributed by atoms with van der Waals surface area (Å²) in [5.41, 5.74) is 0.519. The van der Waals surface area contributed by atoms with Crippen LogP contribution in [-0.2, 0) is 6.54 Å². The minimum Gasteiger partial charge on any atom is -0.468 e. The summed E-state index contributed by atoms with van der Waals surface area (Å²) in [7, 11) is 1.63. The highest BCUT2D eigenvalue weighted by Crippen LogP contribution is 2.20. The minimum atomic E-state index is -4.41. The zero-order valence-corrected chi connectivity index (χ0v) is 15.3. The molecule has 0 aliphatic carbocycles. The first kappa shape index (κ1) is 20.0. The SMILES string of the molecule is CN=C(NCc1cccnc1OCC(F)(F)F)NCC(C)c1cccs1. The molecular formula is C17H21F3N4OS. The first-order chi connectivity index (χ1) is 12.4. The summed E-state index contributed by atoms with van der Waals surface area (Å²) in [6.07, 6.45) is -3.01. The number of thiophene rings is 1. The smallest absolute Gasteiger partial charge is 0.422 e. The quantitative estimate of drug-likeness (QED) is 0.564. The van der Waals surface area contributed by atoms with Gasteiger partial charge in [-0.15, -0.1) is 11.3 Å². The van der Waals surface area contributed by atoms with E-state index < -0.39 is 12.8 Å². The van der Waals surface area contributed by atoms with E-state index in [-0.39, 0.29) is 12.4 Å². The molecule has 9 heteroatoms. The minimum absolute atomic E-state index is 0.0419. The van der Waals surface area contributed by atoms with Crippen molar-refractivity contribution in [3.05, 3.63) is 46.3 Å². The molecule has 0 amide bonds. The molecule has 5 nitrogen and oxygen atoms in total. The summed E-state index contributed by atoms with van der Waals surface area (Å²) in [5.74, 6) is 0.830. The fraction of sp³-hybridized carbons (Fsp3) is 0.412. The highest BCUT2D eigenvalue weighted by Gasteiger charge is 2.29. The number of pyridine rings is 1. The average Bonchev–Trinajstić information content (AvgIpc) is 3.14. The van der Waals surface area contributed by atoms with Crippen molar-refractivity contribution in [1.29, 1.82) is 0 Å². The Labute approximate surface area is 154 Å². The van der Waals surface area contributed by atoms with Gasteiger partial charge in [-0.25, -0.2) is 4.98 Å². The third-order valence-corrected chi connectivity index (χ3v) is 4.60. The van der Waals surface area contributed by atoms with Crippen molar-refractivity contribution in [3.63, 3.8) is 0 Å². The molecule has 1 unspecified atom stereocenters. The molecule has 2 N–H and O–H groups in total. The van der Waals surface area contributed by atoms with Gasteiger partial charge in [-0.2, -0.15) is 13.2 Å². The van der Waals surface area contributed by atoms with Crippen molar-refractivity contribution < 1.29 is 17.9 Å². The van der Waals surface area contributed by atoms with Crippen molar-refractivity contribution >= 4 is 17.3 Å². The zero-order valence-electron chi connectivity index (χ0n) is 14.5. The molecule has 2 heterocycles. The van der Waals surface area contributed by atoms with Crippen LogP contribution in [0.5, 0.6) is 5.88 Å². The van der Waals surface area contributed by atoms with Crippen LogP contribution in [0.25, 0.3) is 0 Å². The van der Waals surface area contributed by atoms with Crippen molar-refractivity contribution in [2.45, 2.75) is 25.6 Å². The van der Waals surface area contributed by atoms with E-state index >= 15 is 0 Å². The Hall–Kier alpha value is -2.29. The summed E-state index contributed by atoms with van der Waals surface area (Å²) in [6, 6.07) is 7.39. The number of aromatic nitrogens is 1. The zero-order chi connectivity index (χ0) is 19.0. The first-order valence-electron chi connectivity index (χ1n) is 8.00. The summed E-state index contributed by atoms with van der Waals surface area (Å²) < 4.78 is 41.8. The van der Waals surface area contributed by atoms with E-state index in [0.717, 1.165) is 0 Å². The van der Waals surface area contributed by atoms with E-state index in [0.29, 0.717) is 24.0 Å². The van der Waals surface area contributed by atoms with E-state index in [1.807, 2.05) is 11.4 Å². The van der Waals surface area contributed by atoms with Gasteiger partial charge in [0.05, 0.1) is 0 Å². The first-order valence-corrected chi connectivity index (χ1v) is 8.88. The highest BCUT2D eigenvalue weighted by atomic mass is 32.1. The number of aliphatic imine (C=N–C) groups is 1. The van der Waals surface area contributed by atoms with Crippen LogP contribution in [0.1, 0.15) is 23.3 Å². The van der Waals surface area contributed by atoms with Gasteiger partial charge in [-0.3, -0.25) is 4.99 Å². The molecule has 0 radical (unpaired) electrons. The van der Waals surface area contributed by atoms with Crippen LogP contribution in [-0.4, -0.2) is 37.3 Å². The lowest BCUT2D eigenvalue weighted by molar-refractivity contribution is -0.154. The van der Waals surface area contributed by atoms with E-state index in [9.17, 15) is 13.2 Å². The fourth-order valence-corrected chi connectivity index (χ4v) is 2.95. The molecule has 0 aliphatic heterocycles. The van der Waals surface area contributed by atoms with E-state index in [1.54, 1.807) is 30.5 Å². The number of halogens is 3. The molecule has 0 fully saturated rings. The predicted octanol–water partition coefficient (Wildman–Crippen LogP) is 3.55. The van der Waals surface area contributed by atoms with E-state index in [2.05, 4.69) is 33.6 Å². The third-order valence-electron chi connectivity index (χ3n) is 3.50. The Morgan fingerprint density at radius 3 is 2.77 bits per heavy atom. The molecule has 2 rings (SSSR count).